The van der Waals surface area contributed by atoms with Gasteiger partial charge in [0.1, 0.15) is 0 Å². The van der Waals surface area contributed by atoms with Gasteiger partial charge in [0, 0.05) is 6.92 Å². The summed E-state index contributed by atoms with van der Waals surface area (Å²) in [7, 11) is 0. The van der Waals surface area contributed by atoms with Crippen molar-refractivity contribution in [3.63, 3.8) is 0 Å². The van der Waals surface area contributed by atoms with E-state index in [2.05, 4.69) is 6.42 Å². The molecule has 0 bridgehead atoms. The predicted octanol–water partition coefficient (Wildman–Crippen LogP) is -0.222. The largest absolute Gasteiger partial charge is 0.290 e. The molecule has 0 aliphatic carbocycles. The molecule has 0 radical (unpaired) electrons. The van der Waals surface area contributed by atoms with Gasteiger partial charge in [-0.3, -0.25) is 9.59 Å². The van der Waals surface area contributed by atoms with Gasteiger partial charge in [0.25, 0.3) is 5.78 Å². The Kier molecular flexibility index (Phi) is 1.80. The minimum absolute atomic E-state index is 0.581. The van der Waals surface area contributed by atoms with Crippen LogP contribution in [0.25, 0.3) is 0 Å². The Morgan fingerprint density at radius 1 is 1.57 bits per heavy atom. The van der Waals surface area contributed by atoms with Crippen LogP contribution in [0.3, 0.4) is 0 Å². The smallest absolute Gasteiger partial charge is 0.270 e. The SMILES string of the molecule is C#CC(=O)C(C)=O. The maximum absolute atomic E-state index is 9.93. The van der Waals surface area contributed by atoms with Crippen molar-refractivity contribution in [1.29, 1.82) is 0 Å². The molecular formula is C5H4O2. The number of ketones is 2. The molecule has 0 aromatic heterocycles. The van der Waals surface area contributed by atoms with Gasteiger partial charge in [-0.05, 0) is 5.92 Å². The normalized spacial score (nSPS) is 6.86. The summed E-state index contributed by atoms with van der Waals surface area (Å²) < 4.78 is 0. The van der Waals surface area contributed by atoms with E-state index in [1.807, 2.05) is 0 Å². The number of rotatable bonds is 1. The monoisotopic (exact) mass is 96.0 g/mol. The van der Waals surface area contributed by atoms with Crippen molar-refractivity contribution in [3.05, 3.63) is 0 Å². The Labute approximate surface area is 41.5 Å². The van der Waals surface area contributed by atoms with Gasteiger partial charge in [-0.25, -0.2) is 0 Å². The van der Waals surface area contributed by atoms with Crippen molar-refractivity contribution >= 4 is 11.6 Å². The van der Waals surface area contributed by atoms with Crippen molar-refractivity contribution in [2.75, 3.05) is 0 Å². The second-order valence-electron chi connectivity index (χ2n) is 1.03. The quantitative estimate of drug-likeness (QED) is 0.257. The fourth-order valence-electron chi connectivity index (χ4n) is 0.102. The summed E-state index contributed by atoms with van der Waals surface area (Å²) in [4.78, 5) is 19.8. The third-order valence-electron chi connectivity index (χ3n) is 0.451. The van der Waals surface area contributed by atoms with Crippen molar-refractivity contribution in [1.82, 2.24) is 0 Å². The molecule has 0 fully saturated rings. The summed E-state index contributed by atoms with van der Waals surface area (Å²) in [6.45, 7) is 1.14. The summed E-state index contributed by atoms with van der Waals surface area (Å²) in [5.41, 5.74) is 0. The molecule has 0 saturated carbocycles. The molecule has 36 valence electrons. The lowest BCUT2D eigenvalue weighted by Crippen LogP contribution is -2.04. The summed E-state index contributed by atoms with van der Waals surface area (Å²) >= 11 is 0. The van der Waals surface area contributed by atoms with Gasteiger partial charge < -0.3 is 0 Å². The van der Waals surface area contributed by atoms with E-state index in [0.29, 0.717) is 0 Å². The summed E-state index contributed by atoms with van der Waals surface area (Å²) in [6.07, 6.45) is 4.55. The number of hydrogen-bond donors (Lipinski definition) is 0. The van der Waals surface area contributed by atoms with Gasteiger partial charge in [0.15, 0.2) is 0 Å². The first kappa shape index (κ1) is 5.90. The van der Waals surface area contributed by atoms with Crippen molar-refractivity contribution < 1.29 is 9.59 Å². The van der Waals surface area contributed by atoms with Gasteiger partial charge in [-0.15, -0.1) is 6.42 Å². The topological polar surface area (TPSA) is 34.1 Å². The molecule has 0 heterocycles. The third-order valence-corrected chi connectivity index (χ3v) is 0.451. The standard InChI is InChI=1S/C5H4O2/c1-3-5(7)4(2)6/h1H,2H3. The van der Waals surface area contributed by atoms with Crippen LogP contribution in [0, 0.1) is 12.3 Å². The van der Waals surface area contributed by atoms with Crippen LogP contribution in [-0.4, -0.2) is 11.6 Å². The van der Waals surface area contributed by atoms with Crippen molar-refractivity contribution in [2.24, 2.45) is 0 Å². The molecule has 0 aromatic carbocycles. The number of carbonyl (C=O) groups is 2. The zero-order chi connectivity index (χ0) is 5.86. The number of Topliss-reactive ketones (excluding diaryl/α,β-unsaturated/α-hetero) is 2. The van der Waals surface area contributed by atoms with Crippen LogP contribution in [0.1, 0.15) is 6.92 Å². The van der Waals surface area contributed by atoms with Gasteiger partial charge >= 0.3 is 0 Å². The first-order chi connectivity index (χ1) is 3.18. The summed E-state index contributed by atoms with van der Waals surface area (Å²) in [6, 6.07) is 0. The average Bonchev–Trinajstić information content (AvgIpc) is 1.65. The molecule has 0 aliphatic rings. The lowest BCUT2D eigenvalue weighted by atomic mass is 10.3. The molecule has 0 aromatic rings. The predicted molar refractivity (Wildman–Crippen MR) is 24.5 cm³/mol. The molecule has 0 spiro atoms. The molecule has 0 unspecified atom stereocenters. The average molecular weight is 96.1 g/mol. The Bertz CT molecular complexity index is 139. The lowest BCUT2D eigenvalue weighted by molar-refractivity contribution is -0.132. The highest BCUT2D eigenvalue weighted by Crippen LogP contribution is 1.67. The third kappa shape index (κ3) is 1.72. The van der Waals surface area contributed by atoms with E-state index in [1.165, 1.54) is 0 Å². The van der Waals surface area contributed by atoms with Gasteiger partial charge in [0.05, 0.1) is 0 Å². The van der Waals surface area contributed by atoms with Crippen LogP contribution in [0.2, 0.25) is 0 Å². The van der Waals surface area contributed by atoms with Crippen LogP contribution in [-0.2, 0) is 9.59 Å². The van der Waals surface area contributed by atoms with Crippen LogP contribution in [0.15, 0.2) is 0 Å². The molecular weight excluding hydrogens is 92.1 g/mol. The first-order valence-electron chi connectivity index (χ1n) is 1.70. The zero-order valence-corrected chi connectivity index (χ0v) is 3.89. The fourth-order valence-corrected chi connectivity index (χ4v) is 0.102. The lowest BCUT2D eigenvalue weighted by Gasteiger charge is -1.73. The minimum Gasteiger partial charge on any atom is -0.290 e. The molecule has 0 saturated heterocycles. The Hall–Kier alpha value is -1.10. The number of terminal acetylenes is 1. The molecule has 0 atom stereocenters. The molecule has 0 rings (SSSR count). The van der Waals surface area contributed by atoms with E-state index in [0.717, 1.165) is 6.92 Å². The van der Waals surface area contributed by atoms with Crippen molar-refractivity contribution in [2.45, 2.75) is 6.92 Å². The van der Waals surface area contributed by atoms with Gasteiger partial charge in [-0.2, -0.15) is 0 Å². The molecule has 0 aliphatic heterocycles. The van der Waals surface area contributed by atoms with Crippen LogP contribution < -0.4 is 0 Å². The number of hydrogen-bond acceptors (Lipinski definition) is 2. The minimum atomic E-state index is -0.764. The summed E-state index contributed by atoms with van der Waals surface area (Å²) in [5.74, 6) is 0.331. The zero-order valence-electron chi connectivity index (χ0n) is 3.89. The number of carbonyl (C=O) groups excluding carboxylic acids is 2. The second kappa shape index (κ2) is 2.14. The highest BCUT2D eigenvalue weighted by atomic mass is 16.2. The Morgan fingerprint density at radius 3 is 2.00 bits per heavy atom. The van der Waals surface area contributed by atoms with E-state index in [1.54, 1.807) is 5.92 Å². The van der Waals surface area contributed by atoms with E-state index < -0.39 is 11.6 Å². The van der Waals surface area contributed by atoms with E-state index in [4.69, 9.17) is 0 Å². The Balaban J connectivity index is 3.90. The van der Waals surface area contributed by atoms with Crippen molar-refractivity contribution in [3.8, 4) is 12.3 Å². The molecule has 2 heteroatoms. The summed E-state index contributed by atoms with van der Waals surface area (Å²) in [5, 5.41) is 0. The van der Waals surface area contributed by atoms with E-state index in [-0.39, 0.29) is 0 Å². The molecule has 7 heavy (non-hydrogen) atoms. The van der Waals surface area contributed by atoms with Crippen LogP contribution in [0.5, 0.6) is 0 Å². The van der Waals surface area contributed by atoms with Crippen LogP contribution in [0.4, 0.5) is 0 Å². The maximum Gasteiger partial charge on any atom is 0.270 e. The van der Waals surface area contributed by atoms with E-state index in [9.17, 15) is 9.59 Å². The highest BCUT2D eigenvalue weighted by Gasteiger charge is 1.99. The Morgan fingerprint density at radius 2 is 2.00 bits per heavy atom. The van der Waals surface area contributed by atoms with Crippen LogP contribution >= 0.6 is 0 Å². The second-order valence-corrected chi connectivity index (χ2v) is 1.03. The van der Waals surface area contributed by atoms with E-state index >= 15 is 0 Å². The molecule has 2 nitrogen and oxygen atoms in total. The first-order valence-corrected chi connectivity index (χ1v) is 1.70. The fraction of sp³-hybridized carbons (Fsp3) is 0.200. The maximum atomic E-state index is 9.93. The highest BCUT2D eigenvalue weighted by molar-refractivity contribution is 6.42. The molecule has 0 N–H and O–H groups in total. The van der Waals surface area contributed by atoms with Gasteiger partial charge in [0.2, 0.25) is 5.78 Å². The molecule has 0 amide bonds. The van der Waals surface area contributed by atoms with Gasteiger partial charge in [-0.1, -0.05) is 0 Å².